The molecule has 0 unspecified atom stereocenters. The number of aromatic amines is 2. The maximum atomic E-state index is 12.7. The first kappa shape index (κ1) is 22.6. The quantitative estimate of drug-likeness (QED) is 0.525. The Bertz CT molecular complexity index is 1070. The predicted octanol–water partition coefficient (Wildman–Crippen LogP) is 3.77. The second kappa shape index (κ2) is 9.46. The van der Waals surface area contributed by atoms with E-state index in [2.05, 4.69) is 59.2 Å². The molecule has 1 fully saturated rings. The van der Waals surface area contributed by atoms with Crippen LogP contribution in [-0.2, 0) is 17.6 Å². The number of H-pyrrole nitrogens is 2. The SMILES string of the molecule is CCc1c(-c2cc3cc(C(=O)NCCN4CCOCC4)ccc3[nH]2)n[nH]c1CC(C)(C)C. The van der Waals surface area contributed by atoms with Gasteiger partial charge in [-0.1, -0.05) is 27.7 Å². The summed E-state index contributed by atoms with van der Waals surface area (Å²) in [5.74, 6) is -0.0376. The third-order valence-corrected chi connectivity index (χ3v) is 5.97. The molecule has 0 spiro atoms. The van der Waals surface area contributed by atoms with Gasteiger partial charge in [0.2, 0.25) is 0 Å². The van der Waals surface area contributed by atoms with Gasteiger partial charge in [0.05, 0.1) is 18.9 Å². The Balaban J connectivity index is 1.48. The number of amides is 1. The van der Waals surface area contributed by atoms with Crippen molar-refractivity contribution in [1.82, 2.24) is 25.4 Å². The molecule has 0 bridgehead atoms. The highest BCUT2D eigenvalue weighted by molar-refractivity contribution is 5.99. The lowest BCUT2D eigenvalue weighted by atomic mass is 9.88. The normalized spacial score (nSPS) is 15.4. The first-order valence-electron chi connectivity index (χ1n) is 11.6. The van der Waals surface area contributed by atoms with Gasteiger partial charge in [-0.15, -0.1) is 0 Å². The summed E-state index contributed by atoms with van der Waals surface area (Å²) < 4.78 is 5.37. The van der Waals surface area contributed by atoms with Gasteiger partial charge in [0.1, 0.15) is 5.69 Å². The number of hydrogen-bond acceptors (Lipinski definition) is 4. The van der Waals surface area contributed by atoms with Gasteiger partial charge >= 0.3 is 0 Å². The molecule has 7 heteroatoms. The minimum atomic E-state index is -0.0376. The average Bonchev–Trinajstić information content (AvgIpc) is 3.35. The molecule has 3 aromatic rings. The van der Waals surface area contributed by atoms with Gasteiger partial charge in [0, 0.05) is 53.9 Å². The fraction of sp³-hybridized carbons (Fsp3) is 0.520. The zero-order chi connectivity index (χ0) is 22.7. The number of benzene rings is 1. The Hall–Kier alpha value is -2.64. The molecule has 4 rings (SSSR count). The van der Waals surface area contributed by atoms with Gasteiger partial charge in [-0.3, -0.25) is 14.8 Å². The van der Waals surface area contributed by atoms with Crippen LogP contribution in [0.5, 0.6) is 0 Å². The van der Waals surface area contributed by atoms with Crippen molar-refractivity contribution < 1.29 is 9.53 Å². The second-order valence-electron chi connectivity index (χ2n) is 9.82. The molecule has 172 valence electrons. The number of nitrogens with zero attached hydrogens (tertiary/aromatic N) is 2. The van der Waals surface area contributed by atoms with Crippen LogP contribution in [0, 0.1) is 5.41 Å². The van der Waals surface area contributed by atoms with E-state index in [1.54, 1.807) is 0 Å². The van der Waals surface area contributed by atoms with E-state index < -0.39 is 0 Å². The van der Waals surface area contributed by atoms with Crippen LogP contribution in [0.1, 0.15) is 49.3 Å². The summed E-state index contributed by atoms with van der Waals surface area (Å²) in [6.45, 7) is 13.8. The molecule has 0 aliphatic carbocycles. The Morgan fingerprint density at radius 3 is 2.72 bits per heavy atom. The molecule has 3 heterocycles. The van der Waals surface area contributed by atoms with Gasteiger partial charge in [-0.2, -0.15) is 5.10 Å². The van der Waals surface area contributed by atoms with E-state index in [1.807, 2.05) is 18.2 Å². The molecule has 32 heavy (non-hydrogen) atoms. The van der Waals surface area contributed by atoms with E-state index in [0.29, 0.717) is 12.1 Å². The minimum absolute atomic E-state index is 0.0376. The Morgan fingerprint density at radius 2 is 2.00 bits per heavy atom. The molecule has 1 aliphatic heterocycles. The summed E-state index contributed by atoms with van der Waals surface area (Å²) in [6, 6.07) is 7.90. The average molecular weight is 438 g/mol. The fourth-order valence-corrected chi connectivity index (χ4v) is 4.34. The highest BCUT2D eigenvalue weighted by Crippen LogP contribution is 2.30. The largest absolute Gasteiger partial charge is 0.379 e. The van der Waals surface area contributed by atoms with Crippen LogP contribution >= 0.6 is 0 Å². The van der Waals surface area contributed by atoms with Gasteiger partial charge in [0.25, 0.3) is 5.91 Å². The third-order valence-electron chi connectivity index (χ3n) is 5.97. The van der Waals surface area contributed by atoms with Crippen LogP contribution in [0.15, 0.2) is 24.3 Å². The van der Waals surface area contributed by atoms with Crippen molar-refractivity contribution in [2.75, 3.05) is 39.4 Å². The van der Waals surface area contributed by atoms with Crippen LogP contribution in [0.4, 0.5) is 0 Å². The summed E-state index contributed by atoms with van der Waals surface area (Å²) >= 11 is 0. The van der Waals surface area contributed by atoms with E-state index in [0.717, 1.165) is 68.0 Å². The number of carbonyl (C=O) groups excluding carboxylic acids is 1. The number of fused-ring (bicyclic) bond motifs is 1. The number of morpholine rings is 1. The first-order chi connectivity index (χ1) is 15.3. The monoisotopic (exact) mass is 437 g/mol. The molecule has 0 radical (unpaired) electrons. The highest BCUT2D eigenvalue weighted by Gasteiger charge is 2.20. The molecular formula is C25H35N5O2. The summed E-state index contributed by atoms with van der Waals surface area (Å²) in [7, 11) is 0. The first-order valence-corrected chi connectivity index (χ1v) is 11.6. The van der Waals surface area contributed by atoms with E-state index in [9.17, 15) is 4.79 Å². The standard InChI is InChI=1S/C25H35N5O2/c1-5-19-22(16-25(2,3)4)28-29-23(19)21-15-18-14-17(6-7-20(18)27-21)24(31)26-8-9-30-10-12-32-13-11-30/h6-7,14-15,27H,5,8-13,16H2,1-4H3,(H,26,31)(H,28,29). The van der Waals surface area contributed by atoms with Crippen LogP contribution < -0.4 is 5.32 Å². The molecule has 2 aromatic heterocycles. The lowest BCUT2D eigenvalue weighted by Crippen LogP contribution is -2.41. The number of nitrogens with one attached hydrogen (secondary N) is 3. The van der Waals surface area contributed by atoms with Crippen LogP contribution in [0.2, 0.25) is 0 Å². The van der Waals surface area contributed by atoms with E-state index in [-0.39, 0.29) is 11.3 Å². The number of ether oxygens (including phenoxy) is 1. The van der Waals surface area contributed by atoms with Crippen molar-refractivity contribution >= 4 is 16.8 Å². The van der Waals surface area contributed by atoms with Gasteiger partial charge in [0.15, 0.2) is 0 Å². The third kappa shape index (κ3) is 5.22. The van der Waals surface area contributed by atoms with Gasteiger partial charge < -0.3 is 15.0 Å². The summed E-state index contributed by atoms with van der Waals surface area (Å²) in [4.78, 5) is 18.5. The fourth-order valence-electron chi connectivity index (χ4n) is 4.34. The lowest BCUT2D eigenvalue weighted by Gasteiger charge is -2.26. The maximum Gasteiger partial charge on any atom is 0.251 e. The molecule has 0 saturated carbocycles. The molecule has 1 aromatic carbocycles. The van der Waals surface area contributed by atoms with Crippen LogP contribution in [0.25, 0.3) is 22.3 Å². The number of aromatic nitrogens is 3. The molecular weight excluding hydrogens is 402 g/mol. The maximum absolute atomic E-state index is 12.7. The van der Waals surface area contributed by atoms with Crippen LogP contribution in [-0.4, -0.2) is 65.4 Å². The summed E-state index contributed by atoms with van der Waals surface area (Å²) in [5, 5.41) is 11.9. The molecule has 1 amide bonds. The summed E-state index contributed by atoms with van der Waals surface area (Å²) in [5.41, 5.74) is 6.29. The Kier molecular flexibility index (Phi) is 6.67. The predicted molar refractivity (Wildman–Crippen MR) is 128 cm³/mol. The highest BCUT2D eigenvalue weighted by atomic mass is 16.5. The van der Waals surface area contributed by atoms with E-state index >= 15 is 0 Å². The van der Waals surface area contributed by atoms with Gasteiger partial charge in [-0.25, -0.2) is 0 Å². The Labute approximate surface area is 189 Å². The lowest BCUT2D eigenvalue weighted by molar-refractivity contribution is 0.0383. The second-order valence-corrected chi connectivity index (χ2v) is 9.82. The summed E-state index contributed by atoms with van der Waals surface area (Å²) in [6.07, 6.45) is 1.88. The minimum Gasteiger partial charge on any atom is -0.379 e. The van der Waals surface area contributed by atoms with E-state index in [1.165, 1.54) is 11.3 Å². The van der Waals surface area contributed by atoms with Crippen molar-refractivity contribution in [2.24, 2.45) is 5.41 Å². The van der Waals surface area contributed by atoms with Crippen LogP contribution in [0.3, 0.4) is 0 Å². The number of carbonyl (C=O) groups is 1. The molecule has 7 nitrogen and oxygen atoms in total. The smallest absolute Gasteiger partial charge is 0.251 e. The number of rotatable bonds is 7. The molecule has 1 aliphatic rings. The van der Waals surface area contributed by atoms with Crippen molar-refractivity contribution in [1.29, 1.82) is 0 Å². The molecule has 0 atom stereocenters. The van der Waals surface area contributed by atoms with Gasteiger partial charge in [-0.05, 0) is 42.5 Å². The van der Waals surface area contributed by atoms with Crippen molar-refractivity contribution in [3.63, 3.8) is 0 Å². The van der Waals surface area contributed by atoms with Crippen molar-refractivity contribution in [2.45, 2.75) is 40.5 Å². The molecule has 1 saturated heterocycles. The number of hydrogen-bond donors (Lipinski definition) is 3. The molecule has 3 N–H and O–H groups in total. The zero-order valence-electron chi connectivity index (χ0n) is 19.7. The van der Waals surface area contributed by atoms with E-state index in [4.69, 9.17) is 4.74 Å². The van der Waals surface area contributed by atoms with Crippen molar-refractivity contribution in [3.8, 4) is 11.4 Å². The zero-order valence-corrected chi connectivity index (χ0v) is 19.7. The Morgan fingerprint density at radius 1 is 1.22 bits per heavy atom. The topological polar surface area (TPSA) is 86.0 Å². The van der Waals surface area contributed by atoms with Crippen molar-refractivity contribution in [3.05, 3.63) is 41.1 Å².